The standard InChI is InChI=1S/C14H17ClN2O3S/c1-3-20-9-10(2)17-21(18,19)12-5-6-13-11(8-12)4-7-14(15)16-13/h4-8,10,17H,3,9H2,1-2H3. The summed E-state index contributed by atoms with van der Waals surface area (Å²) in [5.74, 6) is 0. The van der Waals surface area contributed by atoms with E-state index in [4.69, 9.17) is 16.3 Å². The third kappa shape index (κ3) is 4.14. The van der Waals surface area contributed by atoms with Gasteiger partial charge in [0.15, 0.2) is 0 Å². The fourth-order valence-corrected chi connectivity index (χ4v) is 3.32. The van der Waals surface area contributed by atoms with E-state index in [-0.39, 0.29) is 10.9 Å². The average Bonchev–Trinajstić information content (AvgIpc) is 2.44. The van der Waals surface area contributed by atoms with Crippen LogP contribution >= 0.6 is 11.6 Å². The van der Waals surface area contributed by atoms with Gasteiger partial charge >= 0.3 is 0 Å². The highest BCUT2D eigenvalue weighted by molar-refractivity contribution is 7.89. The second-order valence-electron chi connectivity index (χ2n) is 4.67. The number of hydrogen-bond donors (Lipinski definition) is 1. The monoisotopic (exact) mass is 328 g/mol. The second-order valence-corrected chi connectivity index (χ2v) is 6.77. The van der Waals surface area contributed by atoms with Crippen LogP contribution in [0, 0.1) is 0 Å². The van der Waals surface area contributed by atoms with Gasteiger partial charge in [0, 0.05) is 18.0 Å². The van der Waals surface area contributed by atoms with Gasteiger partial charge in [-0.3, -0.25) is 0 Å². The largest absolute Gasteiger partial charge is 0.380 e. The number of pyridine rings is 1. The molecule has 2 rings (SSSR count). The summed E-state index contributed by atoms with van der Waals surface area (Å²) in [5.41, 5.74) is 0.656. The van der Waals surface area contributed by atoms with E-state index in [2.05, 4.69) is 9.71 Å². The number of fused-ring (bicyclic) bond motifs is 1. The lowest BCUT2D eigenvalue weighted by molar-refractivity contribution is 0.133. The lowest BCUT2D eigenvalue weighted by atomic mass is 10.2. The first kappa shape index (κ1) is 16.2. The molecule has 1 unspecified atom stereocenters. The lowest BCUT2D eigenvalue weighted by Crippen LogP contribution is -2.35. The molecule has 21 heavy (non-hydrogen) atoms. The molecule has 0 saturated carbocycles. The number of nitrogens with zero attached hydrogens (tertiary/aromatic N) is 1. The summed E-state index contributed by atoms with van der Waals surface area (Å²) in [6.45, 7) is 4.51. The molecule has 1 N–H and O–H groups in total. The molecular weight excluding hydrogens is 312 g/mol. The molecule has 1 heterocycles. The Hall–Kier alpha value is -1.21. The van der Waals surface area contributed by atoms with Crippen molar-refractivity contribution in [1.82, 2.24) is 9.71 Å². The van der Waals surface area contributed by atoms with E-state index in [1.54, 1.807) is 31.2 Å². The summed E-state index contributed by atoms with van der Waals surface area (Å²) in [4.78, 5) is 4.33. The first-order valence-corrected chi connectivity index (χ1v) is 8.45. The Morgan fingerprint density at radius 1 is 1.33 bits per heavy atom. The molecule has 7 heteroatoms. The molecule has 0 radical (unpaired) electrons. The van der Waals surface area contributed by atoms with Gasteiger partial charge in [-0.25, -0.2) is 18.1 Å². The highest BCUT2D eigenvalue weighted by Gasteiger charge is 2.17. The highest BCUT2D eigenvalue weighted by Crippen LogP contribution is 2.19. The molecule has 2 aromatic rings. The molecule has 0 amide bonds. The van der Waals surface area contributed by atoms with E-state index in [9.17, 15) is 8.42 Å². The van der Waals surface area contributed by atoms with Crippen molar-refractivity contribution in [3.63, 3.8) is 0 Å². The van der Waals surface area contributed by atoms with Crippen molar-refractivity contribution >= 4 is 32.5 Å². The van der Waals surface area contributed by atoms with Crippen molar-refractivity contribution in [3.8, 4) is 0 Å². The number of hydrogen-bond acceptors (Lipinski definition) is 4. The minimum Gasteiger partial charge on any atom is -0.380 e. The van der Waals surface area contributed by atoms with Crippen LogP contribution in [0.2, 0.25) is 5.15 Å². The third-order valence-corrected chi connectivity index (χ3v) is 4.66. The van der Waals surface area contributed by atoms with Crippen LogP contribution in [0.1, 0.15) is 13.8 Å². The summed E-state index contributed by atoms with van der Waals surface area (Å²) in [6.07, 6.45) is 0. The average molecular weight is 329 g/mol. The Morgan fingerprint density at radius 3 is 2.81 bits per heavy atom. The van der Waals surface area contributed by atoms with Crippen molar-refractivity contribution < 1.29 is 13.2 Å². The SMILES string of the molecule is CCOCC(C)NS(=O)(=O)c1ccc2nc(Cl)ccc2c1. The van der Waals surface area contributed by atoms with Gasteiger partial charge in [0.25, 0.3) is 0 Å². The molecule has 1 atom stereocenters. The Labute approximate surface area is 129 Å². The Kier molecular flexibility index (Phi) is 5.16. The molecule has 0 saturated heterocycles. The summed E-state index contributed by atoms with van der Waals surface area (Å²) in [6, 6.07) is 7.81. The second kappa shape index (κ2) is 6.70. The summed E-state index contributed by atoms with van der Waals surface area (Å²) < 4.78 is 32.4. The predicted molar refractivity (Wildman–Crippen MR) is 83.0 cm³/mol. The summed E-state index contributed by atoms with van der Waals surface area (Å²) in [5, 5.41) is 1.10. The van der Waals surface area contributed by atoms with Crippen LogP contribution in [0.3, 0.4) is 0 Å². The van der Waals surface area contributed by atoms with Crippen LogP contribution < -0.4 is 4.72 Å². The Morgan fingerprint density at radius 2 is 2.10 bits per heavy atom. The maximum atomic E-state index is 12.3. The quantitative estimate of drug-likeness (QED) is 0.828. The molecule has 0 aliphatic rings. The van der Waals surface area contributed by atoms with Crippen LogP contribution in [0.15, 0.2) is 35.2 Å². The van der Waals surface area contributed by atoms with Crippen LogP contribution in [-0.4, -0.2) is 32.7 Å². The van der Waals surface area contributed by atoms with Crippen molar-refractivity contribution in [1.29, 1.82) is 0 Å². The minimum absolute atomic E-state index is 0.197. The molecule has 0 aliphatic carbocycles. The summed E-state index contributed by atoms with van der Waals surface area (Å²) >= 11 is 5.81. The van der Waals surface area contributed by atoms with Crippen molar-refractivity contribution in [2.24, 2.45) is 0 Å². The van der Waals surface area contributed by atoms with Gasteiger partial charge in [-0.05, 0) is 44.2 Å². The lowest BCUT2D eigenvalue weighted by Gasteiger charge is -2.14. The van der Waals surface area contributed by atoms with E-state index >= 15 is 0 Å². The van der Waals surface area contributed by atoms with Gasteiger partial charge in [0.05, 0.1) is 17.0 Å². The van der Waals surface area contributed by atoms with Crippen molar-refractivity contribution in [2.75, 3.05) is 13.2 Å². The molecule has 5 nitrogen and oxygen atoms in total. The zero-order chi connectivity index (χ0) is 15.5. The number of ether oxygens (including phenoxy) is 1. The maximum absolute atomic E-state index is 12.3. The molecule has 1 aromatic carbocycles. The zero-order valence-electron chi connectivity index (χ0n) is 11.8. The highest BCUT2D eigenvalue weighted by atomic mass is 35.5. The van der Waals surface area contributed by atoms with Gasteiger partial charge in [0.2, 0.25) is 10.0 Å². The first-order chi connectivity index (χ1) is 9.92. The number of sulfonamides is 1. The minimum atomic E-state index is -3.58. The van der Waals surface area contributed by atoms with Crippen LogP contribution in [0.5, 0.6) is 0 Å². The maximum Gasteiger partial charge on any atom is 0.240 e. The molecule has 114 valence electrons. The van der Waals surface area contributed by atoms with Gasteiger partial charge in [-0.2, -0.15) is 0 Å². The third-order valence-electron chi connectivity index (χ3n) is 2.87. The number of aromatic nitrogens is 1. The number of rotatable bonds is 6. The van der Waals surface area contributed by atoms with Gasteiger partial charge in [-0.1, -0.05) is 11.6 Å². The van der Waals surface area contributed by atoms with E-state index in [1.807, 2.05) is 6.92 Å². The van der Waals surface area contributed by atoms with E-state index in [1.165, 1.54) is 6.07 Å². The number of halogens is 1. The normalized spacial score (nSPS) is 13.5. The Balaban J connectivity index is 2.25. The van der Waals surface area contributed by atoms with E-state index in [0.717, 1.165) is 5.39 Å². The van der Waals surface area contributed by atoms with Crippen LogP contribution in [-0.2, 0) is 14.8 Å². The number of nitrogens with one attached hydrogen (secondary N) is 1. The van der Waals surface area contributed by atoms with Crippen molar-refractivity contribution in [2.45, 2.75) is 24.8 Å². The topological polar surface area (TPSA) is 68.3 Å². The van der Waals surface area contributed by atoms with Gasteiger partial charge < -0.3 is 4.74 Å². The van der Waals surface area contributed by atoms with Gasteiger partial charge in [0.1, 0.15) is 5.15 Å². The molecule has 0 aliphatic heterocycles. The Bertz CT molecular complexity index is 734. The van der Waals surface area contributed by atoms with E-state index < -0.39 is 10.0 Å². The molecular formula is C14H17ClN2O3S. The van der Waals surface area contributed by atoms with Crippen LogP contribution in [0.4, 0.5) is 0 Å². The zero-order valence-corrected chi connectivity index (χ0v) is 13.4. The molecule has 0 fully saturated rings. The smallest absolute Gasteiger partial charge is 0.240 e. The predicted octanol–water partition coefficient (Wildman–Crippen LogP) is 2.59. The number of benzene rings is 1. The van der Waals surface area contributed by atoms with Gasteiger partial charge in [-0.15, -0.1) is 0 Å². The first-order valence-electron chi connectivity index (χ1n) is 6.59. The van der Waals surface area contributed by atoms with E-state index in [0.29, 0.717) is 23.9 Å². The molecule has 0 spiro atoms. The fourth-order valence-electron chi connectivity index (χ4n) is 1.91. The molecule has 0 bridgehead atoms. The van der Waals surface area contributed by atoms with Crippen molar-refractivity contribution in [3.05, 3.63) is 35.5 Å². The fraction of sp³-hybridized carbons (Fsp3) is 0.357. The molecule has 1 aromatic heterocycles. The summed E-state index contributed by atoms with van der Waals surface area (Å²) in [7, 11) is -3.58. The van der Waals surface area contributed by atoms with Crippen LogP contribution in [0.25, 0.3) is 10.9 Å².